The first-order valence-corrected chi connectivity index (χ1v) is 6.88. The van der Waals surface area contributed by atoms with Crippen LogP contribution in [0.15, 0.2) is 27.8 Å². The number of H-pyrrole nitrogens is 2. The van der Waals surface area contributed by atoms with E-state index in [0.29, 0.717) is 5.69 Å². The summed E-state index contributed by atoms with van der Waals surface area (Å²) in [7, 11) is 0. The molecule has 0 radical (unpaired) electrons. The Morgan fingerprint density at radius 2 is 1.95 bits per heavy atom. The Hall–Kier alpha value is -2.41. The van der Waals surface area contributed by atoms with Crippen LogP contribution in [0.4, 0.5) is 5.69 Å². The quantitative estimate of drug-likeness (QED) is 0.634. The lowest BCUT2D eigenvalue weighted by atomic mass is 10.0. The molecule has 0 bridgehead atoms. The molecule has 1 heterocycles. The van der Waals surface area contributed by atoms with Crippen LogP contribution in [0, 0.1) is 5.92 Å². The largest absolute Gasteiger partial charge is 0.327 e. The molecule has 1 fully saturated rings. The highest BCUT2D eigenvalue weighted by Crippen LogP contribution is 2.26. The summed E-state index contributed by atoms with van der Waals surface area (Å²) in [4.78, 5) is 35.9. The molecule has 0 aliphatic heterocycles. The molecule has 0 spiro atoms. The van der Waals surface area contributed by atoms with Crippen LogP contribution in [-0.4, -0.2) is 22.1 Å². The fourth-order valence-electron chi connectivity index (χ4n) is 2.87. The van der Waals surface area contributed by atoms with Crippen LogP contribution in [-0.2, 0) is 4.79 Å². The number of nitrogens with one attached hydrogen (secondary N) is 3. The number of fused-ring (bicyclic) bond motifs is 1. The van der Waals surface area contributed by atoms with Crippen molar-refractivity contribution in [2.24, 2.45) is 11.7 Å². The van der Waals surface area contributed by atoms with E-state index in [1.807, 2.05) is 0 Å². The second kappa shape index (κ2) is 5.17. The Kier molecular flexibility index (Phi) is 3.34. The van der Waals surface area contributed by atoms with Gasteiger partial charge in [0.1, 0.15) is 0 Å². The lowest BCUT2D eigenvalue weighted by Gasteiger charge is -2.15. The predicted octanol–water partition coefficient (Wildman–Crippen LogP) is 0.282. The third-order valence-electron chi connectivity index (χ3n) is 3.99. The fourth-order valence-corrected chi connectivity index (χ4v) is 2.87. The number of aromatic nitrogens is 2. The topological polar surface area (TPSA) is 121 Å². The van der Waals surface area contributed by atoms with Gasteiger partial charge in [-0.15, -0.1) is 0 Å². The number of benzene rings is 1. The highest BCUT2D eigenvalue weighted by atomic mass is 16.2. The zero-order chi connectivity index (χ0) is 15.0. The Morgan fingerprint density at radius 1 is 1.19 bits per heavy atom. The van der Waals surface area contributed by atoms with Crippen LogP contribution in [0.5, 0.6) is 0 Å². The lowest BCUT2D eigenvalue weighted by Crippen LogP contribution is -2.34. The van der Waals surface area contributed by atoms with Gasteiger partial charge in [0.25, 0.3) is 11.1 Å². The highest BCUT2D eigenvalue weighted by molar-refractivity contribution is 6.02. The molecule has 3 rings (SSSR count). The first-order chi connectivity index (χ1) is 10.1. The Morgan fingerprint density at radius 3 is 2.67 bits per heavy atom. The number of nitrogens with two attached hydrogens (primary N) is 1. The summed E-state index contributed by atoms with van der Waals surface area (Å²) >= 11 is 0. The minimum Gasteiger partial charge on any atom is -0.327 e. The van der Waals surface area contributed by atoms with Crippen molar-refractivity contribution >= 4 is 22.4 Å². The number of hydrogen-bond acceptors (Lipinski definition) is 4. The minimum absolute atomic E-state index is 0.151. The number of hydrogen-bond donors (Lipinski definition) is 4. The van der Waals surface area contributed by atoms with Crippen LogP contribution in [0.25, 0.3) is 10.8 Å². The van der Waals surface area contributed by atoms with Gasteiger partial charge in [-0.3, -0.25) is 24.6 Å². The van der Waals surface area contributed by atoms with Gasteiger partial charge in [-0.05, 0) is 25.0 Å². The maximum Gasteiger partial charge on any atom is 0.272 e. The number of anilines is 1. The normalized spacial score (nSPS) is 21.6. The van der Waals surface area contributed by atoms with E-state index in [-0.39, 0.29) is 28.6 Å². The third-order valence-corrected chi connectivity index (χ3v) is 3.99. The molecule has 1 aliphatic rings. The molecule has 2 unspecified atom stereocenters. The van der Waals surface area contributed by atoms with Gasteiger partial charge < -0.3 is 11.1 Å². The molecule has 21 heavy (non-hydrogen) atoms. The van der Waals surface area contributed by atoms with Crippen LogP contribution in [0.1, 0.15) is 19.3 Å². The van der Waals surface area contributed by atoms with E-state index in [2.05, 4.69) is 15.5 Å². The Bertz CT molecular complexity index is 808. The minimum atomic E-state index is -0.448. The van der Waals surface area contributed by atoms with Crippen molar-refractivity contribution in [2.75, 3.05) is 5.32 Å². The van der Waals surface area contributed by atoms with Gasteiger partial charge >= 0.3 is 0 Å². The summed E-state index contributed by atoms with van der Waals surface area (Å²) < 4.78 is 0. The molecule has 1 amide bonds. The molecule has 110 valence electrons. The predicted molar refractivity (Wildman–Crippen MR) is 79.1 cm³/mol. The zero-order valence-corrected chi connectivity index (χ0v) is 11.3. The number of carbonyl (C=O) groups excluding carboxylic acids is 1. The van der Waals surface area contributed by atoms with Gasteiger partial charge in [-0.1, -0.05) is 12.5 Å². The molecular weight excluding hydrogens is 272 g/mol. The van der Waals surface area contributed by atoms with Crippen molar-refractivity contribution in [3.05, 3.63) is 38.9 Å². The molecule has 1 aromatic heterocycles. The smallest absolute Gasteiger partial charge is 0.272 e. The molecule has 0 saturated heterocycles. The van der Waals surface area contributed by atoms with Crippen LogP contribution < -0.4 is 22.2 Å². The lowest BCUT2D eigenvalue weighted by molar-refractivity contribution is -0.120. The van der Waals surface area contributed by atoms with Crippen molar-refractivity contribution < 1.29 is 4.79 Å². The van der Waals surface area contributed by atoms with Gasteiger partial charge in [-0.2, -0.15) is 0 Å². The van der Waals surface area contributed by atoms with Gasteiger partial charge in [0.15, 0.2) is 0 Å². The molecule has 1 aliphatic carbocycles. The number of carbonyl (C=O) groups is 1. The van der Waals surface area contributed by atoms with Gasteiger partial charge in [-0.25, -0.2) is 0 Å². The Labute approximate surface area is 119 Å². The van der Waals surface area contributed by atoms with E-state index in [4.69, 9.17) is 5.73 Å². The number of amides is 1. The van der Waals surface area contributed by atoms with E-state index >= 15 is 0 Å². The zero-order valence-electron chi connectivity index (χ0n) is 11.3. The van der Waals surface area contributed by atoms with Crippen molar-refractivity contribution in [3.63, 3.8) is 0 Å². The van der Waals surface area contributed by atoms with Crippen molar-refractivity contribution in [2.45, 2.75) is 25.3 Å². The monoisotopic (exact) mass is 288 g/mol. The summed E-state index contributed by atoms with van der Waals surface area (Å²) in [6, 6.07) is 4.62. The van der Waals surface area contributed by atoms with E-state index in [0.717, 1.165) is 19.3 Å². The van der Waals surface area contributed by atoms with E-state index < -0.39 is 11.1 Å². The van der Waals surface area contributed by atoms with Crippen LogP contribution in [0.2, 0.25) is 0 Å². The summed E-state index contributed by atoms with van der Waals surface area (Å²) in [6.07, 6.45) is 2.50. The van der Waals surface area contributed by atoms with E-state index in [1.54, 1.807) is 18.2 Å². The first-order valence-electron chi connectivity index (χ1n) is 6.88. The molecule has 7 heteroatoms. The van der Waals surface area contributed by atoms with Gasteiger partial charge in [0, 0.05) is 6.04 Å². The summed E-state index contributed by atoms with van der Waals surface area (Å²) in [5, 5.41) is 7.68. The third kappa shape index (κ3) is 2.36. The second-order valence-corrected chi connectivity index (χ2v) is 5.33. The standard InChI is InChI=1S/C14H16N4O3/c15-9-5-1-3-7(9)12(19)16-10-6-2-4-8-11(10)14(21)18-17-13(8)20/h2,4,6-7,9H,1,3,5,15H2,(H,16,19)(H,17,20)(H,18,21). The maximum atomic E-state index is 12.3. The van der Waals surface area contributed by atoms with E-state index in [1.165, 1.54) is 0 Å². The average molecular weight is 288 g/mol. The second-order valence-electron chi connectivity index (χ2n) is 5.33. The molecule has 5 N–H and O–H groups in total. The maximum absolute atomic E-state index is 12.3. The molecule has 1 aromatic carbocycles. The fraction of sp³-hybridized carbons (Fsp3) is 0.357. The Balaban J connectivity index is 2.02. The summed E-state index contributed by atoms with van der Waals surface area (Å²) in [6.45, 7) is 0. The molecule has 1 saturated carbocycles. The van der Waals surface area contributed by atoms with Gasteiger partial charge in [0.05, 0.1) is 22.4 Å². The first kappa shape index (κ1) is 13.6. The van der Waals surface area contributed by atoms with Crippen molar-refractivity contribution in [3.8, 4) is 0 Å². The van der Waals surface area contributed by atoms with Crippen LogP contribution >= 0.6 is 0 Å². The summed E-state index contributed by atoms with van der Waals surface area (Å²) in [5.41, 5.74) is 5.40. The van der Waals surface area contributed by atoms with Crippen molar-refractivity contribution in [1.82, 2.24) is 10.2 Å². The number of aromatic amines is 2. The molecular formula is C14H16N4O3. The summed E-state index contributed by atoms with van der Waals surface area (Å²) in [5.74, 6) is -0.450. The number of rotatable bonds is 2. The van der Waals surface area contributed by atoms with Crippen LogP contribution in [0.3, 0.4) is 0 Å². The van der Waals surface area contributed by atoms with E-state index in [9.17, 15) is 14.4 Å². The molecule has 2 atom stereocenters. The molecule has 2 aromatic rings. The highest BCUT2D eigenvalue weighted by Gasteiger charge is 2.30. The SMILES string of the molecule is NC1CCCC1C(=O)Nc1cccc2c(=O)[nH][nH]c(=O)c12. The van der Waals surface area contributed by atoms with Gasteiger partial charge in [0.2, 0.25) is 5.91 Å². The average Bonchev–Trinajstić information content (AvgIpc) is 2.89. The van der Waals surface area contributed by atoms with Crippen molar-refractivity contribution in [1.29, 1.82) is 0 Å². The molecule has 7 nitrogen and oxygen atoms in total.